The van der Waals surface area contributed by atoms with Crippen molar-refractivity contribution < 1.29 is 29.0 Å². The van der Waals surface area contributed by atoms with E-state index < -0.39 is 35.5 Å². The Morgan fingerprint density at radius 3 is 2.00 bits per heavy atom. The maximum atomic E-state index is 12.6. The molecule has 6 nitrogen and oxygen atoms in total. The average Bonchev–Trinajstić information content (AvgIpc) is 2.58. The lowest BCUT2D eigenvalue weighted by molar-refractivity contribution is -0.212. The van der Waals surface area contributed by atoms with Gasteiger partial charge in [0.1, 0.15) is 5.60 Å². The number of carboxylic acids is 1. The van der Waals surface area contributed by atoms with E-state index in [1.165, 1.54) is 26.3 Å². The van der Waals surface area contributed by atoms with E-state index in [0.717, 1.165) is 37.5 Å². The minimum Gasteiger partial charge on any atom is -0.478 e. The Bertz CT molecular complexity index is 636. The number of aliphatic carboxylic acids is 1. The van der Waals surface area contributed by atoms with E-state index >= 15 is 0 Å². The Morgan fingerprint density at radius 2 is 1.52 bits per heavy atom. The van der Waals surface area contributed by atoms with Gasteiger partial charge in [-0.25, -0.2) is 9.59 Å². The second-order valence-electron chi connectivity index (χ2n) is 8.93. The summed E-state index contributed by atoms with van der Waals surface area (Å²) in [4.78, 5) is 35.7. The largest absolute Gasteiger partial charge is 0.478 e. The fraction of sp³-hybridized carbons (Fsp3) is 0.762. The summed E-state index contributed by atoms with van der Waals surface area (Å²) in [5, 5.41) is 8.90. The fourth-order valence-corrected chi connectivity index (χ4v) is 5.43. The first kappa shape index (κ1) is 19.9. The van der Waals surface area contributed by atoms with Gasteiger partial charge in [0.15, 0.2) is 6.10 Å². The van der Waals surface area contributed by atoms with Gasteiger partial charge in [0.25, 0.3) is 0 Å². The predicted molar refractivity (Wildman–Crippen MR) is 97.7 cm³/mol. The first-order valence-electron chi connectivity index (χ1n) is 9.95. The highest BCUT2D eigenvalue weighted by atomic mass is 16.6. The Morgan fingerprint density at radius 1 is 1.00 bits per heavy atom. The summed E-state index contributed by atoms with van der Waals surface area (Å²) in [6, 6.07) is 0. The lowest BCUT2D eigenvalue weighted by Crippen LogP contribution is -2.58. The van der Waals surface area contributed by atoms with Crippen LogP contribution in [0.4, 0.5) is 0 Å². The molecule has 0 saturated heterocycles. The van der Waals surface area contributed by atoms with Crippen LogP contribution in [0.3, 0.4) is 0 Å². The predicted octanol–water partition coefficient (Wildman–Crippen LogP) is 3.34. The number of carboxylic acid groups (broad SMARTS) is 1. The lowest BCUT2D eigenvalue weighted by Gasteiger charge is -2.59. The van der Waals surface area contributed by atoms with E-state index in [1.54, 1.807) is 6.92 Å². The zero-order valence-electron chi connectivity index (χ0n) is 16.6. The highest BCUT2D eigenvalue weighted by Gasteiger charge is 2.57. The smallest absolute Gasteiger partial charge is 0.347 e. The van der Waals surface area contributed by atoms with Crippen LogP contribution in [-0.2, 0) is 23.9 Å². The molecule has 4 aliphatic rings. The van der Waals surface area contributed by atoms with E-state index in [-0.39, 0.29) is 5.57 Å². The maximum absolute atomic E-state index is 12.6. The number of ether oxygens (including phenoxy) is 2. The van der Waals surface area contributed by atoms with Gasteiger partial charge in [-0.2, -0.15) is 0 Å². The van der Waals surface area contributed by atoms with Gasteiger partial charge >= 0.3 is 17.9 Å². The molecule has 0 aromatic carbocycles. The molecule has 0 aromatic heterocycles. The van der Waals surface area contributed by atoms with Crippen LogP contribution < -0.4 is 0 Å². The van der Waals surface area contributed by atoms with Gasteiger partial charge < -0.3 is 14.6 Å². The topological polar surface area (TPSA) is 89.9 Å². The highest BCUT2D eigenvalue weighted by molar-refractivity contribution is 5.87. The van der Waals surface area contributed by atoms with Crippen LogP contribution in [-0.4, -0.2) is 34.7 Å². The number of hydrogen-bond acceptors (Lipinski definition) is 5. The number of rotatable bonds is 6. The van der Waals surface area contributed by atoms with Crippen molar-refractivity contribution >= 4 is 17.9 Å². The molecule has 1 N–H and O–H groups in total. The number of carbonyl (C=O) groups is 3. The molecule has 27 heavy (non-hydrogen) atoms. The fourth-order valence-electron chi connectivity index (χ4n) is 5.43. The number of esters is 2. The number of hydrogen-bond donors (Lipinski definition) is 1. The zero-order chi connectivity index (χ0) is 19.9. The molecule has 0 spiro atoms. The summed E-state index contributed by atoms with van der Waals surface area (Å²) in [5.74, 6) is -0.606. The molecule has 4 bridgehead atoms. The van der Waals surface area contributed by atoms with Gasteiger partial charge in [0, 0.05) is 5.57 Å². The summed E-state index contributed by atoms with van der Waals surface area (Å²) in [7, 11) is 0. The van der Waals surface area contributed by atoms with Gasteiger partial charge in [-0.05, 0) is 83.5 Å². The third-order valence-electron chi connectivity index (χ3n) is 6.91. The molecular weight excluding hydrogens is 348 g/mol. The molecule has 6 heteroatoms. The first-order chi connectivity index (χ1) is 12.6. The summed E-state index contributed by atoms with van der Waals surface area (Å²) >= 11 is 0. The molecule has 2 unspecified atom stereocenters. The van der Waals surface area contributed by atoms with Crippen LogP contribution in [0.25, 0.3) is 0 Å². The molecule has 150 valence electrons. The number of carbonyl (C=O) groups excluding carboxylic acids is 2. The molecule has 0 aliphatic heterocycles. The molecule has 0 radical (unpaired) electrons. The summed E-state index contributed by atoms with van der Waals surface area (Å²) in [5.41, 5.74) is -0.396. The van der Waals surface area contributed by atoms with E-state index in [4.69, 9.17) is 14.6 Å². The van der Waals surface area contributed by atoms with Crippen LogP contribution in [0.2, 0.25) is 0 Å². The van der Waals surface area contributed by atoms with Crippen molar-refractivity contribution in [1.29, 1.82) is 0 Å². The van der Waals surface area contributed by atoms with Gasteiger partial charge in [-0.3, -0.25) is 4.79 Å². The molecular formula is C21H30O6. The Kier molecular flexibility index (Phi) is 5.37. The van der Waals surface area contributed by atoms with Gasteiger partial charge in [-0.1, -0.05) is 6.08 Å². The van der Waals surface area contributed by atoms with Crippen LogP contribution >= 0.6 is 0 Å². The van der Waals surface area contributed by atoms with E-state index in [2.05, 4.69) is 0 Å². The van der Waals surface area contributed by atoms with Crippen molar-refractivity contribution in [1.82, 2.24) is 0 Å². The lowest BCUT2D eigenvalue weighted by atomic mass is 9.50. The normalized spacial score (nSPS) is 36.8. The minimum absolute atomic E-state index is 0.0655. The minimum atomic E-state index is -1.09. The van der Waals surface area contributed by atoms with Crippen molar-refractivity contribution in [3.63, 3.8) is 0 Å². The van der Waals surface area contributed by atoms with Crippen molar-refractivity contribution in [2.75, 3.05) is 0 Å². The third kappa shape index (κ3) is 3.90. The Hall–Kier alpha value is -1.85. The first-order valence-corrected chi connectivity index (χ1v) is 9.95. The summed E-state index contributed by atoms with van der Waals surface area (Å²) < 4.78 is 11.2. The monoisotopic (exact) mass is 378 g/mol. The summed E-state index contributed by atoms with van der Waals surface area (Å²) in [6.45, 7) is 6.53. The second-order valence-corrected chi connectivity index (χ2v) is 8.93. The van der Waals surface area contributed by atoms with Crippen LogP contribution in [0.1, 0.15) is 59.8 Å². The second kappa shape index (κ2) is 7.28. The molecule has 2 atom stereocenters. The highest BCUT2D eigenvalue weighted by Crippen LogP contribution is 2.59. The molecule has 0 heterocycles. The summed E-state index contributed by atoms with van der Waals surface area (Å²) in [6.07, 6.45) is 6.14. The van der Waals surface area contributed by atoms with Gasteiger partial charge in [0.05, 0.1) is 5.92 Å². The molecule has 4 aliphatic carbocycles. The molecule has 4 fully saturated rings. The van der Waals surface area contributed by atoms with Crippen LogP contribution in [0.15, 0.2) is 11.6 Å². The van der Waals surface area contributed by atoms with E-state index in [1.807, 2.05) is 6.92 Å². The molecule has 4 saturated carbocycles. The van der Waals surface area contributed by atoms with Gasteiger partial charge in [-0.15, -0.1) is 0 Å². The zero-order valence-corrected chi connectivity index (χ0v) is 16.6. The van der Waals surface area contributed by atoms with E-state index in [9.17, 15) is 14.4 Å². The Balaban J connectivity index is 1.59. The van der Waals surface area contributed by atoms with Gasteiger partial charge in [0.2, 0.25) is 0 Å². The van der Waals surface area contributed by atoms with Crippen molar-refractivity contribution in [2.45, 2.75) is 71.5 Å². The third-order valence-corrected chi connectivity index (χ3v) is 6.91. The van der Waals surface area contributed by atoms with Crippen LogP contribution in [0, 0.1) is 29.6 Å². The average molecular weight is 378 g/mol. The molecule has 0 amide bonds. The van der Waals surface area contributed by atoms with Crippen molar-refractivity contribution in [2.24, 2.45) is 29.6 Å². The van der Waals surface area contributed by atoms with E-state index in [0.29, 0.717) is 11.8 Å². The molecule has 0 aromatic rings. The van der Waals surface area contributed by atoms with Crippen LogP contribution in [0.5, 0.6) is 0 Å². The quantitative estimate of drug-likeness (QED) is 0.563. The van der Waals surface area contributed by atoms with Crippen molar-refractivity contribution in [3.8, 4) is 0 Å². The Labute approximate surface area is 160 Å². The molecule has 4 rings (SSSR count). The van der Waals surface area contributed by atoms with Crippen molar-refractivity contribution in [3.05, 3.63) is 11.6 Å². The maximum Gasteiger partial charge on any atom is 0.347 e. The standard InChI is InChI=1S/C21H30O6/c1-11(18(22)23)5-12(2)19(24)26-13(3)20(25)27-21(4)16-7-14-6-15(9-16)10-17(21)8-14/h5,12-17H,6-10H2,1-4H3,(H,22,23). The SMILES string of the molecule is CC(=CC(C)C(=O)OC(C)C(=O)OC1(C)C2CC3CC(C2)CC1C3)C(=O)O.